The third kappa shape index (κ3) is 3.62. The number of benzene rings is 1. The minimum Gasteiger partial charge on any atom is -0.477 e. The number of fused-ring (bicyclic) bond motifs is 5. The monoisotopic (exact) mass is 562 g/mol. The van der Waals surface area contributed by atoms with E-state index in [4.69, 9.17) is 4.74 Å². The first-order valence-corrected chi connectivity index (χ1v) is 13.0. The molecule has 0 bridgehead atoms. The summed E-state index contributed by atoms with van der Waals surface area (Å²) in [5.41, 5.74) is 1.59. The number of rotatable bonds is 4. The molecule has 11 nitrogen and oxygen atoms in total. The number of aromatic carboxylic acids is 1. The molecule has 2 aliphatic rings. The molecule has 1 aromatic carbocycles. The largest absolute Gasteiger partial charge is 0.477 e. The molecule has 0 radical (unpaired) electrons. The second-order valence-electron chi connectivity index (χ2n) is 10.5. The summed E-state index contributed by atoms with van der Waals surface area (Å²) in [6.07, 6.45) is 3.37. The Morgan fingerprint density at radius 3 is 2.73 bits per heavy atom. The van der Waals surface area contributed by atoms with Crippen LogP contribution in [0.25, 0.3) is 44.1 Å². The summed E-state index contributed by atoms with van der Waals surface area (Å²) in [7, 11) is 3.20. The molecule has 0 aliphatic carbocycles. The number of hydrogen-bond acceptors (Lipinski definition) is 8. The van der Waals surface area contributed by atoms with Crippen molar-refractivity contribution < 1.29 is 28.5 Å². The Kier molecular flexibility index (Phi) is 5.53. The molecule has 7 rings (SSSR count). The second kappa shape index (κ2) is 8.94. The van der Waals surface area contributed by atoms with Crippen LogP contribution in [-0.4, -0.2) is 74.7 Å². The molecule has 4 aromatic heterocycles. The maximum Gasteiger partial charge on any atom is 0.341 e. The van der Waals surface area contributed by atoms with Crippen LogP contribution in [0.1, 0.15) is 10.4 Å². The lowest BCUT2D eigenvalue weighted by molar-refractivity contribution is 0.0695. The summed E-state index contributed by atoms with van der Waals surface area (Å²) in [6.45, 7) is 0.985. The highest BCUT2D eigenvalue weighted by atomic mass is 19.2. The number of anilines is 2. The zero-order valence-electron chi connectivity index (χ0n) is 21.9. The fourth-order valence-corrected chi connectivity index (χ4v) is 6.22. The van der Waals surface area contributed by atoms with Crippen LogP contribution in [0.15, 0.2) is 35.5 Å². The number of nitrogens with zero attached hydrogens (tertiary/aromatic N) is 4. The molecule has 5 aromatic rings. The molecule has 3 atom stereocenters. The van der Waals surface area contributed by atoms with Crippen molar-refractivity contribution in [2.24, 2.45) is 13.0 Å². The molecule has 210 valence electrons. The van der Waals surface area contributed by atoms with Crippen molar-refractivity contribution >= 4 is 50.3 Å². The summed E-state index contributed by atoms with van der Waals surface area (Å²) in [6, 6.07) is 2.61. The van der Waals surface area contributed by atoms with E-state index in [9.17, 15) is 24.2 Å². The Hall–Kier alpha value is -4.62. The fraction of sp³-hybridized carbons (Fsp3) is 0.286. The van der Waals surface area contributed by atoms with E-state index in [0.29, 0.717) is 52.1 Å². The number of aromatic amines is 1. The molecular weight excluding hydrogens is 538 g/mol. The number of hydrogen-bond donors (Lipinski definition) is 4. The Morgan fingerprint density at radius 2 is 2.00 bits per heavy atom. The summed E-state index contributed by atoms with van der Waals surface area (Å²) < 4.78 is 37.6. The zero-order chi connectivity index (χ0) is 28.7. The summed E-state index contributed by atoms with van der Waals surface area (Å²) in [4.78, 5) is 38.9. The maximum absolute atomic E-state index is 15.6. The standard InChI is InChI=1S/C28H24F2N6O5/c1-31-17-4-16(29)22(30)20-21-24(36-8-14-18(37)10-41-19(14)9-36)13(6-32-26(21)34-23(17)20)11-3-12-25(38)15(28(39)40)7-35(2)27(12)33-5-11/h3-7,14,18-19,31,37H,8-10H2,1-2H3,(H,32,34)(H,39,40). The van der Waals surface area contributed by atoms with Crippen molar-refractivity contribution in [3.05, 3.63) is 58.1 Å². The third-order valence-corrected chi connectivity index (χ3v) is 8.19. The molecule has 2 aliphatic heterocycles. The quantitative estimate of drug-likeness (QED) is 0.260. The SMILES string of the molecule is CNc1cc(F)c(F)c2c1[nH]c1ncc(-c3cnc4c(c3)c(=O)c(C(=O)O)cn4C)c(N3CC4OCC(O)C4C3)c12. The highest BCUT2D eigenvalue weighted by molar-refractivity contribution is 6.18. The van der Waals surface area contributed by atoms with Gasteiger partial charge in [0.05, 0.1) is 51.9 Å². The number of ether oxygens (including phenoxy) is 1. The number of carbonyl (C=O) groups is 1. The van der Waals surface area contributed by atoms with Crippen molar-refractivity contribution in [3.8, 4) is 11.1 Å². The number of halogens is 2. The number of carboxylic acid groups (broad SMARTS) is 1. The van der Waals surface area contributed by atoms with Gasteiger partial charge in [-0.05, 0) is 6.07 Å². The minimum atomic E-state index is -1.36. The van der Waals surface area contributed by atoms with Gasteiger partial charge in [-0.1, -0.05) is 0 Å². The zero-order valence-corrected chi connectivity index (χ0v) is 21.9. The van der Waals surface area contributed by atoms with Crippen LogP contribution in [0.5, 0.6) is 0 Å². The van der Waals surface area contributed by atoms with Crippen molar-refractivity contribution in [2.45, 2.75) is 12.2 Å². The van der Waals surface area contributed by atoms with Crippen LogP contribution in [0.3, 0.4) is 0 Å². The van der Waals surface area contributed by atoms with Crippen LogP contribution < -0.4 is 15.6 Å². The number of pyridine rings is 3. The molecule has 6 heterocycles. The number of aliphatic hydroxyl groups excluding tert-OH is 1. The van der Waals surface area contributed by atoms with E-state index in [-0.39, 0.29) is 35.0 Å². The van der Waals surface area contributed by atoms with E-state index in [1.807, 2.05) is 4.90 Å². The van der Waals surface area contributed by atoms with Gasteiger partial charge in [-0.15, -0.1) is 0 Å². The van der Waals surface area contributed by atoms with Crippen LogP contribution in [0.4, 0.5) is 20.2 Å². The van der Waals surface area contributed by atoms with Crippen molar-refractivity contribution in [1.29, 1.82) is 0 Å². The van der Waals surface area contributed by atoms with E-state index < -0.39 is 34.7 Å². The first-order valence-electron chi connectivity index (χ1n) is 13.0. The lowest BCUT2D eigenvalue weighted by atomic mass is 10.0. The lowest BCUT2D eigenvalue weighted by Crippen LogP contribution is -2.26. The molecule has 13 heteroatoms. The van der Waals surface area contributed by atoms with Gasteiger partial charge in [0.15, 0.2) is 11.6 Å². The predicted octanol–water partition coefficient (Wildman–Crippen LogP) is 2.84. The van der Waals surface area contributed by atoms with Gasteiger partial charge in [0.25, 0.3) is 0 Å². The van der Waals surface area contributed by atoms with Crippen molar-refractivity contribution in [1.82, 2.24) is 19.5 Å². The van der Waals surface area contributed by atoms with Gasteiger partial charge >= 0.3 is 5.97 Å². The Balaban J connectivity index is 1.55. The summed E-state index contributed by atoms with van der Waals surface area (Å²) >= 11 is 0. The fourth-order valence-electron chi connectivity index (χ4n) is 6.22. The number of aryl methyl sites for hydroxylation is 1. The van der Waals surface area contributed by atoms with E-state index in [1.54, 1.807) is 20.3 Å². The molecule has 2 saturated heterocycles. The average Bonchev–Trinajstić information content (AvgIpc) is 3.65. The average molecular weight is 563 g/mol. The topological polar surface area (TPSA) is 146 Å². The summed E-state index contributed by atoms with van der Waals surface area (Å²) in [5, 5.41) is 23.4. The van der Waals surface area contributed by atoms with Gasteiger partial charge < -0.3 is 34.7 Å². The smallest absolute Gasteiger partial charge is 0.341 e. The van der Waals surface area contributed by atoms with Crippen molar-refractivity contribution in [3.63, 3.8) is 0 Å². The molecule has 2 fully saturated rings. The van der Waals surface area contributed by atoms with E-state index in [1.165, 1.54) is 23.0 Å². The molecule has 4 N–H and O–H groups in total. The van der Waals surface area contributed by atoms with E-state index in [2.05, 4.69) is 20.3 Å². The van der Waals surface area contributed by atoms with Crippen LogP contribution in [0, 0.1) is 17.6 Å². The first-order chi connectivity index (χ1) is 19.7. The van der Waals surface area contributed by atoms with Gasteiger partial charge in [-0.2, -0.15) is 0 Å². The maximum atomic E-state index is 15.6. The van der Waals surface area contributed by atoms with Gasteiger partial charge in [-0.25, -0.2) is 23.5 Å². The highest BCUT2D eigenvalue weighted by Crippen LogP contribution is 2.45. The molecule has 0 amide bonds. The van der Waals surface area contributed by atoms with Gasteiger partial charge in [0.2, 0.25) is 5.43 Å². The van der Waals surface area contributed by atoms with Gasteiger partial charge in [0.1, 0.15) is 16.9 Å². The molecule has 3 unspecified atom stereocenters. The number of aliphatic hydroxyl groups is 1. The summed E-state index contributed by atoms with van der Waals surface area (Å²) in [5.74, 6) is -3.63. The molecule has 41 heavy (non-hydrogen) atoms. The van der Waals surface area contributed by atoms with Gasteiger partial charge in [-0.3, -0.25) is 4.79 Å². The normalized spacial score (nSPS) is 20.4. The van der Waals surface area contributed by atoms with Crippen LogP contribution in [-0.2, 0) is 11.8 Å². The molecule has 0 saturated carbocycles. The van der Waals surface area contributed by atoms with E-state index in [0.717, 1.165) is 6.07 Å². The van der Waals surface area contributed by atoms with Crippen LogP contribution >= 0.6 is 0 Å². The third-order valence-electron chi connectivity index (χ3n) is 8.19. The Morgan fingerprint density at radius 1 is 1.20 bits per heavy atom. The predicted molar refractivity (Wildman–Crippen MR) is 147 cm³/mol. The van der Waals surface area contributed by atoms with Gasteiger partial charge in [0, 0.05) is 68.9 Å². The van der Waals surface area contributed by atoms with Crippen LogP contribution in [0.2, 0.25) is 0 Å². The number of nitrogens with one attached hydrogen (secondary N) is 2. The number of carboxylic acids is 1. The second-order valence-corrected chi connectivity index (χ2v) is 10.5. The van der Waals surface area contributed by atoms with Crippen molar-refractivity contribution in [2.75, 3.05) is 37.0 Å². The van der Waals surface area contributed by atoms with E-state index >= 15 is 4.39 Å². The Bertz CT molecular complexity index is 1990. The highest BCUT2D eigenvalue weighted by Gasteiger charge is 2.44. The molecule has 0 spiro atoms. The number of H-pyrrole nitrogens is 1. The lowest BCUT2D eigenvalue weighted by Gasteiger charge is -2.24. The minimum absolute atomic E-state index is 0.00468. The Labute approximate surface area is 230 Å². The number of aromatic nitrogens is 4. The molecular formula is C28H24F2N6O5. The first kappa shape index (κ1) is 25.4.